The highest BCUT2D eigenvalue weighted by Crippen LogP contribution is 2.23. The second kappa shape index (κ2) is 7.13. The van der Waals surface area contributed by atoms with Gasteiger partial charge in [0.2, 0.25) is 5.91 Å². The topological polar surface area (TPSA) is 54.5 Å². The van der Waals surface area contributed by atoms with Crippen LogP contribution in [0.4, 0.5) is 5.13 Å². The molecule has 100 valence electrons. The maximum atomic E-state index is 11.4. The van der Waals surface area contributed by atoms with E-state index >= 15 is 0 Å². The van der Waals surface area contributed by atoms with E-state index in [2.05, 4.69) is 10.3 Å². The second-order valence-electron chi connectivity index (χ2n) is 3.95. The van der Waals surface area contributed by atoms with Crippen LogP contribution < -0.4 is 5.32 Å². The number of nitrogens with one attached hydrogen (secondary N) is 1. The van der Waals surface area contributed by atoms with Gasteiger partial charge in [-0.25, -0.2) is 4.98 Å². The van der Waals surface area contributed by atoms with Gasteiger partial charge in [0.15, 0.2) is 5.13 Å². The molecule has 0 spiro atoms. The van der Waals surface area contributed by atoms with Crippen LogP contribution >= 0.6 is 11.3 Å². The van der Waals surface area contributed by atoms with Crippen LogP contribution in [0.15, 0.2) is 6.08 Å². The van der Waals surface area contributed by atoms with Crippen LogP contribution in [-0.4, -0.2) is 50.1 Å². The number of hydrogen-bond donors (Lipinski definition) is 1. The Morgan fingerprint density at radius 3 is 2.89 bits per heavy atom. The predicted octanol–water partition coefficient (Wildman–Crippen LogP) is 1.61. The van der Waals surface area contributed by atoms with Crippen molar-refractivity contribution in [2.75, 3.05) is 39.7 Å². The van der Waals surface area contributed by atoms with E-state index in [1.165, 1.54) is 16.2 Å². The molecule has 1 heterocycles. The molecule has 1 rings (SSSR count). The molecule has 0 fully saturated rings. The molecule has 0 unspecified atom stereocenters. The molecule has 1 aromatic rings. The Kier molecular flexibility index (Phi) is 5.80. The monoisotopic (exact) mass is 269 g/mol. The Hall–Kier alpha value is -1.40. The minimum absolute atomic E-state index is 0.0308. The molecular weight excluding hydrogens is 250 g/mol. The van der Waals surface area contributed by atoms with Gasteiger partial charge >= 0.3 is 0 Å². The van der Waals surface area contributed by atoms with Crippen molar-refractivity contribution in [2.45, 2.75) is 6.92 Å². The minimum Gasteiger partial charge on any atom is -0.383 e. The molecule has 0 saturated carbocycles. The molecule has 5 nitrogen and oxygen atoms in total. The molecule has 6 heteroatoms. The lowest BCUT2D eigenvalue weighted by molar-refractivity contribution is -0.123. The van der Waals surface area contributed by atoms with Crippen molar-refractivity contribution >= 4 is 28.5 Å². The largest absolute Gasteiger partial charge is 0.383 e. The number of amides is 1. The number of anilines is 1. The maximum absolute atomic E-state index is 11.4. The first kappa shape index (κ1) is 14.7. The highest BCUT2D eigenvalue weighted by atomic mass is 32.1. The summed E-state index contributed by atoms with van der Waals surface area (Å²) in [6.07, 6.45) is 3.36. The molecule has 0 aliphatic heterocycles. The van der Waals surface area contributed by atoms with Gasteiger partial charge in [0.1, 0.15) is 0 Å². The van der Waals surface area contributed by atoms with Crippen LogP contribution in [0.3, 0.4) is 0 Å². The van der Waals surface area contributed by atoms with E-state index in [0.29, 0.717) is 6.61 Å². The lowest BCUT2D eigenvalue weighted by atomic mass is 10.3. The third-order valence-electron chi connectivity index (χ3n) is 2.23. The molecule has 1 aromatic heterocycles. The van der Waals surface area contributed by atoms with Crippen LogP contribution in [0.1, 0.15) is 10.6 Å². The van der Waals surface area contributed by atoms with Gasteiger partial charge < -0.3 is 15.0 Å². The van der Waals surface area contributed by atoms with Gasteiger partial charge in [-0.2, -0.15) is 0 Å². The molecular formula is C12H19N3O2S. The Balaban J connectivity index is 2.64. The lowest BCUT2D eigenvalue weighted by Gasteiger charge is -2.04. The van der Waals surface area contributed by atoms with Crippen molar-refractivity contribution in [1.29, 1.82) is 0 Å². The molecule has 0 aliphatic rings. The maximum Gasteiger partial charge on any atom is 0.246 e. The molecule has 0 aromatic carbocycles. The Morgan fingerprint density at radius 1 is 1.56 bits per heavy atom. The van der Waals surface area contributed by atoms with Crippen LogP contribution in [0.5, 0.6) is 0 Å². The number of rotatable bonds is 6. The molecule has 1 N–H and O–H groups in total. The Labute approximate surface area is 111 Å². The molecule has 18 heavy (non-hydrogen) atoms. The third kappa shape index (κ3) is 4.46. The normalized spacial score (nSPS) is 10.9. The first-order valence-corrected chi connectivity index (χ1v) is 6.46. The number of hydrogen-bond acceptors (Lipinski definition) is 5. The minimum atomic E-state index is -0.0308. The van der Waals surface area contributed by atoms with Gasteiger partial charge in [-0.05, 0) is 13.0 Å². The van der Waals surface area contributed by atoms with Crippen molar-refractivity contribution in [1.82, 2.24) is 9.88 Å². The molecule has 1 amide bonds. The van der Waals surface area contributed by atoms with Crippen molar-refractivity contribution in [3.63, 3.8) is 0 Å². The van der Waals surface area contributed by atoms with E-state index in [-0.39, 0.29) is 5.91 Å². The number of aromatic nitrogens is 1. The van der Waals surface area contributed by atoms with Gasteiger partial charge in [0, 0.05) is 33.8 Å². The fraction of sp³-hybridized carbons (Fsp3) is 0.500. The van der Waals surface area contributed by atoms with Gasteiger partial charge in [-0.15, -0.1) is 0 Å². The SMILES string of the molecule is COCCNc1nc(C)c(C=CC(=O)N(C)C)s1. The van der Waals surface area contributed by atoms with E-state index < -0.39 is 0 Å². The summed E-state index contributed by atoms with van der Waals surface area (Å²) >= 11 is 1.53. The first-order valence-electron chi connectivity index (χ1n) is 5.64. The summed E-state index contributed by atoms with van der Waals surface area (Å²) < 4.78 is 4.96. The summed E-state index contributed by atoms with van der Waals surface area (Å²) in [5.41, 5.74) is 0.919. The fourth-order valence-electron chi connectivity index (χ4n) is 1.19. The Morgan fingerprint density at radius 2 is 2.28 bits per heavy atom. The zero-order chi connectivity index (χ0) is 13.5. The van der Waals surface area contributed by atoms with E-state index in [1.54, 1.807) is 33.4 Å². The zero-order valence-corrected chi connectivity index (χ0v) is 12.0. The summed E-state index contributed by atoms with van der Waals surface area (Å²) in [6.45, 7) is 3.30. The van der Waals surface area contributed by atoms with Gasteiger partial charge in [-0.1, -0.05) is 11.3 Å². The number of thiazole rings is 1. The number of ether oxygens (including phenoxy) is 1. The van der Waals surface area contributed by atoms with Crippen LogP contribution in [0, 0.1) is 6.92 Å². The summed E-state index contributed by atoms with van der Waals surface area (Å²) in [5.74, 6) is -0.0308. The van der Waals surface area contributed by atoms with E-state index in [4.69, 9.17) is 4.74 Å². The zero-order valence-electron chi connectivity index (χ0n) is 11.2. The van der Waals surface area contributed by atoms with E-state index in [1.807, 2.05) is 6.92 Å². The van der Waals surface area contributed by atoms with Gasteiger partial charge in [-0.3, -0.25) is 4.79 Å². The molecule has 0 atom stereocenters. The molecule has 0 aliphatic carbocycles. The highest BCUT2D eigenvalue weighted by Gasteiger charge is 2.05. The van der Waals surface area contributed by atoms with E-state index in [0.717, 1.165) is 22.2 Å². The Bertz CT molecular complexity index is 427. The third-order valence-corrected chi connectivity index (χ3v) is 3.31. The number of nitrogens with zero attached hydrogens (tertiary/aromatic N) is 2. The molecule has 0 radical (unpaired) electrons. The van der Waals surface area contributed by atoms with Crippen molar-refractivity contribution in [3.05, 3.63) is 16.6 Å². The number of likely N-dealkylation sites (N-methyl/N-ethyl adjacent to an activating group) is 1. The van der Waals surface area contributed by atoms with Crippen molar-refractivity contribution in [3.8, 4) is 0 Å². The summed E-state index contributed by atoms with van der Waals surface area (Å²) in [6, 6.07) is 0. The van der Waals surface area contributed by atoms with Crippen LogP contribution in [0.2, 0.25) is 0 Å². The average molecular weight is 269 g/mol. The van der Waals surface area contributed by atoms with Crippen LogP contribution in [-0.2, 0) is 9.53 Å². The number of methoxy groups -OCH3 is 1. The molecule has 0 bridgehead atoms. The smallest absolute Gasteiger partial charge is 0.246 e. The van der Waals surface area contributed by atoms with Crippen molar-refractivity contribution in [2.24, 2.45) is 0 Å². The fourth-order valence-corrected chi connectivity index (χ4v) is 2.09. The number of carbonyl (C=O) groups is 1. The standard InChI is InChI=1S/C12H19N3O2S/c1-9-10(5-6-11(16)15(2)3)18-12(14-9)13-7-8-17-4/h5-6H,7-8H2,1-4H3,(H,13,14). The summed E-state index contributed by atoms with van der Waals surface area (Å²) in [5, 5.41) is 4.02. The lowest BCUT2D eigenvalue weighted by Crippen LogP contribution is -2.18. The first-order chi connectivity index (χ1) is 8.54. The summed E-state index contributed by atoms with van der Waals surface area (Å²) in [4.78, 5) is 18.3. The van der Waals surface area contributed by atoms with Gasteiger partial charge in [0.25, 0.3) is 0 Å². The molecule has 0 saturated heterocycles. The highest BCUT2D eigenvalue weighted by molar-refractivity contribution is 7.16. The van der Waals surface area contributed by atoms with Gasteiger partial charge in [0.05, 0.1) is 17.2 Å². The quantitative estimate of drug-likeness (QED) is 0.630. The number of aryl methyl sites for hydroxylation is 1. The predicted molar refractivity (Wildman–Crippen MR) is 74.9 cm³/mol. The van der Waals surface area contributed by atoms with E-state index in [9.17, 15) is 4.79 Å². The van der Waals surface area contributed by atoms with Crippen molar-refractivity contribution < 1.29 is 9.53 Å². The summed E-state index contributed by atoms with van der Waals surface area (Å²) in [7, 11) is 5.11. The number of carbonyl (C=O) groups excluding carboxylic acids is 1. The second-order valence-corrected chi connectivity index (χ2v) is 4.98. The van der Waals surface area contributed by atoms with Crippen LogP contribution in [0.25, 0.3) is 6.08 Å². The average Bonchev–Trinajstić information content (AvgIpc) is 2.67.